The van der Waals surface area contributed by atoms with Gasteiger partial charge in [0.15, 0.2) is 0 Å². The van der Waals surface area contributed by atoms with E-state index in [-0.39, 0.29) is 6.42 Å². The molecule has 2 rings (SSSR count). The molecule has 100 valence electrons. The van der Waals surface area contributed by atoms with Gasteiger partial charge in [-0.2, -0.15) is 0 Å². The fourth-order valence-corrected chi connectivity index (χ4v) is 2.53. The molecular weight excluding hydrogens is 262 g/mol. The predicted molar refractivity (Wildman–Crippen MR) is 74.7 cm³/mol. The zero-order valence-corrected chi connectivity index (χ0v) is 11.4. The van der Waals surface area contributed by atoms with Gasteiger partial charge in [-0.3, -0.25) is 4.79 Å². The standard InChI is InChI=1S/C14H15NO3S/c1-2-18-12-5-3-4-10(8-12)14-15-11(9-19-14)6-7-13(16)17/h3-5,8-9H,2,6-7H2,1H3,(H,16,17). The summed E-state index contributed by atoms with van der Waals surface area (Å²) in [5.41, 5.74) is 1.82. The van der Waals surface area contributed by atoms with E-state index in [0.717, 1.165) is 22.0 Å². The molecular formula is C14H15NO3S. The Labute approximate surface area is 115 Å². The number of carboxylic acids is 1. The summed E-state index contributed by atoms with van der Waals surface area (Å²) in [5.74, 6) is 0.0233. The first-order valence-electron chi connectivity index (χ1n) is 6.08. The van der Waals surface area contributed by atoms with Crippen LogP contribution >= 0.6 is 11.3 Å². The molecule has 0 amide bonds. The molecule has 0 aliphatic rings. The van der Waals surface area contributed by atoms with Gasteiger partial charge in [0.25, 0.3) is 0 Å². The smallest absolute Gasteiger partial charge is 0.303 e. The van der Waals surface area contributed by atoms with E-state index in [9.17, 15) is 4.79 Å². The molecule has 0 unspecified atom stereocenters. The number of nitrogens with zero attached hydrogens (tertiary/aromatic N) is 1. The molecule has 0 saturated heterocycles. The van der Waals surface area contributed by atoms with Crippen molar-refractivity contribution < 1.29 is 14.6 Å². The summed E-state index contributed by atoms with van der Waals surface area (Å²) in [6, 6.07) is 7.76. The molecule has 0 aliphatic heterocycles. The molecule has 2 aromatic rings. The lowest BCUT2D eigenvalue weighted by Crippen LogP contribution is -1.97. The zero-order valence-electron chi connectivity index (χ0n) is 10.6. The topological polar surface area (TPSA) is 59.4 Å². The first-order valence-corrected chi connectivity index (χ1v) is 6.96. The van der Waals surface area contributed by atoms with E-state index in [4.69, 9.17) is 9.84 Å². The third-order valence-corrected chi connectivity index (χ3v) is 3.48. The van der Waals surface area contributed by atoms with Gasteiger partial charge >= 0.3 is 5.97 Å². The number of hydrogen-bond acceptors (Lipinski definition) is 4. The van der Waals surface area contributed by atoms with Crippen LogP contribution in [0.5, 0.6) is 5.75 Å². The van der Waals surface area contributed by atoms with Crippen molar-refractivity contribution in [2.75, 3.05) is 6.61 Å². The SMILES string of the molecule is CCOc1cccc(-c2nc(CCC(=O)O)cs2)c1. The molecule has 0 radical (unpaired) electrons. The van der Waals surface area contributed by atoms with E-state index >= 15 is 0 Å². The minimum absolute atomic E-state index is 0.113. The van der Waals surface area contributed by atoms with Gasteiger partial charge in [0.1, 0.15) is 10.8 Å². The second-order valence-electron chi connectivity index (χ2n) is 4.00. The Morgan fingerprint density at radius 2 is 2.32 bits per heavy atom. The highest BCUT2D eigenvalue weighted by Gasteiger charge is 2.07. The van der Waals surface area contributed by atoms with Gasteiger partial charge in [-0.25, -0.2) is 4.98 Å². The van der Waals surface area contributed by atoms with Crippen LogP contribution in [0.2, 0.25) is 0 Å². The monoisotopic (exact) mass is 277 g/mol. The van der Waals surface area contributed by atoms with Crippen molar-refractivity contribution in [3.63, 3.8) is 0 Å². The second-order valence-corrected chi connectivity index (χ2v) is 4.86. The predicted octanol–water partition coefficient (Wildman–Crippen LogP) is 3.23. The number of aliphatic carboxylic acids is 1. The molecule has 0 saturated carbocycles. The van der Waals surface area contributed by atoms with E-state index in [1.807, 2.05) is 36.6 Å². The van der Waals surface area contributed by atoms with Gasteiger partial charge in [0.05, 0.1) is 18.7 Å². The number of carbonyl (C=O) groups is 1. The maximum atomic E-state index is 10.5. The minimum atomic E-state index is -0.798. The molecule has 1 heterocycles. The number of thiazole rings is 1. The molecule has 1 N–H and O–H groups in total. The van der Waals surface area contributed by atoms with Crippen molar-refractivity contribution in [1.29, 1.82) is 0 Å². The highest BCUT2D eigenvalue weighted by Crippen LogP contribution is 2.27. The number of aryl methyl sites for hydroxylation is 1. The fraction of sp³-hybridized carbons (Fsp3) is 0.286. The Balaban J connectivity index is 2.13. The number of aromatic nitrogens is 1. The summed E-state index contributed by atoms with van der Waals surface area (Å²) in [6.45, 7) is 2.57. The Kier molecular flexibility index (Phi) is 4.52. The summed E-state index contributed by atoms with van der Waals surface area (Å²) in [7, 11) is 0. The largest absolute Gasteiger partial charge is 0.494 e. The quantitative estimate of drug-likeness (QED) is 0.880. The van der Waals surface area contributed by atoms with Crippen molar-refractivity contribution in [1.82, 2.24) is 4.98 Å². The van der Waals surface area contributed by atoms with E-state index in [0.29, 0.717) is 13.0 Å². The molecule has 0 spiro atoms. The van der Waals surface area contributed by atoms with E-state index < -0.39 is 5.97 Å². The van der Waals surface area contributed by atoms with Crippen LogP contribution in [0.4, 0.5) is 0 Å². The Bertz CT molecular complexity index is 565. The van der Waals surface area contributed by atoms with Gasteiger partial charge in [-0.1, -0.05) is 12.1 Å². The highest BCUT2D eigenvalue weighted by atomic mass is 32.1. The van der Waals surface area contributed by atoms with Gasteiger partial charge < -0.3 is 9.84 Å². The number of ether oxygens (including phenoxy) is 1. The Morgan fingerprint density at radius 1 is 1.47 bits per heavy atom. The average molecular weight is 277 g/mol. The van der Waals surface area contributed by atoms with Crippen LogP contribution in [0, 0.1) is 0 Å². The van der Waals surface area contributed by atoms with Crippen molar-refractivity contribution in [3.8, 4) is 16.3 Å². The molecule has 0 fully saturated rings. The lowest BCUT2D eigenvalue weighted by atomic mass is 10.2. The summed E-state index contributed by atoms with van der Waals surface area (Å²) in [5, 5.41) is 11.5. The molecule has 19 heavy (non-hydrogen) atoms. The van der Waals surface area contributed by atoms with Crippen LogP contribution in [0.1, 0.15) is 19.0 Å². The molecule has 1 aromatic heterocycles. The van der Waals surface area contributed by atoms with Crippen LogP contribution in [-0.2, 0) is 11.2 Å². The van der Waals surface area contributed by atoms with Crippen LogP contribution in [0.15, 0.2) is 29.6 Å². The Hall–Kier alpha value is -1.88. The second kappa shape index (κ2) is 6.33. The van der Waals surface area contributed by atoms with Gasteiger partial charge in [0.2, 0.25) is 0 Å². The van der Waals surface area contributed by atoms with E-state index in [1.165, 1.54) is 11.3 Å². The van der Waals surface area contributed by atoms with E-state index in [2.05, 4.69) is 4.98 Å². The third-order valence-electron chi connectivity index (χ3n) is 2.54. The molecule has 0 aliphatic carbocycles. The van der Waals surface area contributed by atoms with Crippen molar-refractivity contribution in [2.24, 2.45) is 0 Å². The normalized spacial score (nSPS) is 10.4. The first kappa shape index (κ1) is 13.5. The number of carboxylic acid groups (broad SMARTS) is 1. The average Bonchev–Trinajstić information content (AvgIpc) is 2.86. The number of hydrogen-bond donors (Lipinski definition) is 1. The maximum Gasteiger partial charge on any atom is 0.303 e. The summed E-state index contributed by atoms with van der Waals surface area (Å²) < 4.78 is 5.45. The highest BCUT2D eigenvalue weighted by molar-refractivity contribution is 7.13. The summed E-state index contributed by atoms with van der Waals surface area (Å²) >= 11 is 1.52. The maximum absolute atomic E-state index is 10.5. The van der Waals surface area contributed by atoms with Crippen molar-refractivity contribution in [3.05, 3.63) is 35.3 Å². The lowest BCUT2D eigenvalue weighted by molar-refractivity contribution is -0.136. The van der Waals surface area contributed by atoms with Crippen molar-refractivity contribution >= 4 is 17.3 Å². The number of benzene rings is 1. The van der Waals surface area contributed by atoms with Crippen LogP contribution in [0.25, 0.3) is 10.6 Å². The molecule has 5 heteroatoms. The molecule has 0 bridgehead atoms. The van der Waals surface area contributed by atoms with Crippen LogP contribution in [-0.4, -0.2) is 22.7 Å². The molecule has 0 atom stereocenters. The lowest BCUT2D eigenvalue weighted by Gasteiger charge is -2.03. The third kappa shape index (κ3) is 3.79. The Morgan fingerprint density at radius 3 is 3.05 bits per heavy atom. The molecule has 1 aromatic carbocycles. The van der Waals surface area contributed by atoms with Crippen LogP contribution < -0.4 is 4.74 Å². The van der Waals surface area contributed by atoms with E-state index in [1.54, 1.807) is 0 Å². The first-order chi connectivity index (χ1) is 9.19. The zero-order chi connectivity index (χ0) is 13.7. The summed E-state index contributed by atoms with van der Waals surface area (Å²) in [4.78, 5) is 15.0. The minimum Gasteiger partial charge on any atom is -0.494 e. The van der Waals surface area contributed by atoms with Gasteiger partial charge in [-0.15, -0.1) is 11.3 Å². The van der Waals surface area contributed by atoms with Gasteiger partial charge in [-0.05, 0) is 19.1 Å². The summed E-state index contributed by atoms with van der Waals surface area (Å²) in [6.07, 6.45) is 0.582. The van der Waals surface area contributed by atoms with Gasteiger partial charge in [0, 0.05) is 17.4 Å². The molecule has 4 nitrogen and oxygen atoms in total. The fourth-order valence-electron chi connectivity index (χ4n) is 1.67. The van der Waals surface area contributed by atoms with Crippen molar-refractivity contribution in [2.45, 2.75) is 19.8 Å². The van der Waals surface area contributed by atoms with Crippen LogP contribution in [0.3, 0.4) is 0 Å². The number of rotatable bonds is 6.